The third-order valence-corrected chi connectivity index (χ3v) is 4.47. The van der Waals surface area contributed by atoms with Crippen molar-refractivity contribution in [2.24, 2.45) is 5.92 Å². The van der Waals surface area contributed by atoms with E-state index >= 15 is 0 Å². The lowest BCUT2D eigenvalue weighted by Crippen LogP contribution is -2.53. The Kier molecular flexibility index (Phi) is 4.92. The molecule has 142 valence electrons. The van der Waals surface area contributed by atoms with Gasteiger partial charge in [-0.25, -0.2) is 14.3 Å². The molecule has 1 fully saturated rings. The third kappa shape index (κ3) is 3.82. The SMILES string of the molecule is Cc1cc(C2CN(C(=O)OC(C)(C)C)C(C(C)C)CO2)n2nccc2n1. The van der Waals surface area contributed by atoms with Gasteiger partial charge in [-0.1, -0.05) is 13.8 Å². The minimum atomic E-state index is -0.533. The van der Waals surface area contributed by atoms with Crippen LogP contribution in [0.25, 0.3) is 5.65 Å². The Hall–Kier alpha value is -2.15. The number of fused-ring (bicyclic) bond motifs is 1. The molecule has 1 saturated heterocycles. The van der Waals surface area contributed by atoms with Gasteiger partial charge in [-0.3, -0.25) is 4.90 Å². The highest BCUT2D eigenvalue weighted by Crippen LogP contribution is 2.29. The Morgan fingerprint density at radius 1 is 1.38 bits per heavy atom. The summed E-state index contributed by atoms with van der Waals surface area (Å²) in [7, 11) is 0. The number of hydrogen-bond donors (Lipinski definition) is 0. The highest BCUT2D eigenvalue weighted by Gasteiger charge is 2.37. The highest BCUT2D eigenvalue weighted by molar-refractivity contribution is 5.69. The summed E-state index contributed by atoms with van der Waals surface area (Å²) in [4.78, 5) is 19.1. The zero-order valence-corrected chi connectivity index (χ0v) is 16.4. The van der Waals surface area contributed by atoms with Crippen molar-refractivity contribution >= 4 is 11.7 Å². The van der Waals surface area contributed by atoms with Crippen LogP contribution in [-0.4, -0.2) is 50.4 Å². The number of morpholine rings is 1. The topological polar surface area (TPSA) is 69.0 Å². The Labute approximate surface area is 154 Å². The van der Waals surface area contributed by atoms with Gasteiger partial charge >= 0.3 is 6.09 Å². The van der Waals surface area contributed by atoms with Crippen LogP contribution in [0.5, 0.6) is 0 Å². The van der Waals surface area contributed by atoms with Gasteiger partial charge in [-0.15, -0.1) is 0 Å². The summed E-state index contributed by atoms with van der Waals surface area (Å²) in [5, 5.41) is 4.36. The minimum Gasteiger partial charge on any atom is -0.444 e. The monoisotopic (exact) mass is 360 g/mol. The van der Waals surface area contributed by atoms with E-state index in [0.29, 0.717) is 13.2 Å². The van der Waals surface area contributed by atoms with E-state index in [9.17, 15) is 4.79 Å². The van der Waals surface area contributed by atoms with E-state index in [2.05, 4.69) is 23.9 Å². The van der Waals surface area contributed by atoms with Crippen LogP contribution in [0, 0.1) is 12.8 Å². The van der Waals surface area contributed by atoms with E-state index in [-0.39, 0.29) is 24.2 Å². The molecular formula is C19H28N4O3. The lowest BCUT2D eigenvalue weighted by Gasteiger charge is -2.41. The van der Waals surface area contributed by atoms with Gasteiger partial charge in [0.2, 0.25) is 0 Å². The lowest BCUT2D eigenvalue weighted by atomic mass is 10.0. The summed E-state index contributed by atoms with van der Waals surface area (Å²) in [6, 6.07) is 3.81. The maximum Gasteiger partial charge on any atom is 0.410 e. The van der Waals surface area contributed by atoms with Crippen LogP contribution in [-0.2, 0) is 9.47 Å². The fraction of sp³-hybridized carbons (Fsp3) is 0.632. The van der Waals surface area contributed by atoms with Crippen molar-refractivity contribution in [1.29, 1.82) is 0 Å². The van der Waals surface area contributed by atoms with Crippen molar-refractivity contribution in [3.05, 3.63) is 29.7 Å². The molecule has 1 amide bonds. The molecule has 0 spiro atoms. The number of aryl methyl sites for hydroxylation is 1. The van der Waals surface area contributed by atoms with Gasteiger partial charge < -0.3 is 9.47 Å². The molecular weight excluding hydrogens is 332 g/mol. The van der Waals surface area contributed by atoms with Crippen molar-refractivity contribution in [3.63, 3.8) is 0 Å². The van der Waals surface area contributed by atoms with E-state index in [1.807, 2.05) is 39.8 Å². The van der Waals surface area contributed by atoms with Crippen LogP contribution in [0.1, 0.15) is 52.1 Å². The molecule has 0 N–H and O–H groups in total. The van der Waals surface area contributed by atoms with Gasteiger partial charge in [0, 0.05) is 11.8 Å². The quantitative estimate of drug-likeness (QED) is 0.821. The molecule has 1 aliphatic rings. The smallest absolute Gasteiger partial charge is 0.410 e. The molecule has 0 bridgehead atoms. The minimum absolute atomic E-state index is 0.0165. The largest absolute Gasteiger partial charge is 0.444 e. The number of ether oxygens (including phenoxy) is 2. The molecule has 1 aliphatic heterocycles. The molecule has 2 aromatic heterocycles. The van der Waals surface area contributed by atoms with E-state index in [1.165, 1.54) is 0 Å². The van der Waals surface area contributed by atoms with Gasteiger partial charge in [0.25, 0.3) is 0 Å². The first-order valence-corrected chi connectivity index (χ1v) is 9.08. The molecule has 3 heterocycles. The number of amides is 1. The number of carbonyl (C=O) groups excluding carboxylic acids is 1. The summed E-state index contributed by atoms with van der Waals surface area (Å²) in [5.74, 6) is 0.271. The maximum absolute atomic E-state index is 12.8. The van der Waals surface area contributed by atoms with E-state index in [4.69, 9.17) is 9.47 Å². The zero-order chi connectivity index (χ0) is 19.1. The fourth-order valence-electron chi connectivity index (χ4n) is 3.23. The van der Waals surface area contributed by atoms with Crippen LogP contribution in [0.15, 0.2) is 18.3 Å². The number of rotatable bonds is 2. The summed E-state index contributed by atoms with van der Waals surface area (Å²) in [6.07, 6.45) is 1.14. The van der Waals surface area contributed by atoms with Crippen molar-refractivity contribution < 1.29 is 14.3 Å². The summed E-state index contributed by atoms with van der Waals surface area (Å²) in [6.45, 7) is 12.7. The zero-order valence-electron chi connectivity index (χ0n) is 16.4. The van der Waals surface area contributed by atoms with E-state index in [0.717, 1.165) is 17.0 Å². The Morgan fingerprint density at radius 3 is 2.77 bits per heavy atom. The molecule has 7 nitrogen and oxygen atoms in total. The van der Waals surface area contributed by atoms with Crippen LogP contribution < -0.4 is 0 Å². The van der Waals surface area contributed by atoms with Crippen LogP contribution in [0.4, 0.5) is 4.79 Å². The number of nitrogens with zero attached hydrogens (tertiary/aromatic N) is 4. The first kappa shape index (κ1) is 18.6. The second-order valence-corrected chi connectivity index (χ2v) is 8.19. The fourth-order valence-corrected chi connectivity index (χ4v) is 3.23. The molecule has 0 aromatic carbocycles. The highest BCUT2D eigenvalue weighted by atomic mass is 16.6. The van der Waals surface area contributed by atoms with Crippen molar-refractivity contribution in [2.45, 2.75) is 59.3 Å². The second kappa shape index (κ2) is 6.87. The predicted octanol–water partition coefficient (Wildman–Crippen LogP) is 3.37. The number of carbonyl (C=O) groups is 1. The van der Waals surface area contributed by atoms with Crippen LogP contribution in [0.2, 0.25) is 0 Å². The van der Waals surface area contributed by atoms with Gasteiger partial charge in [0.15, 0.2) is 5.65 Å². The molecule has 2 unspecified atom stereocenters. The van der Waals surface area contributed by atoms with Crippen LogP contribution in [0.3, 0.4) is 0 Å². The van der Waals surface area contributed by atoms with Gasteiger partial charge in [-0.2, -0.15) is 5.10 Å². The summed E-state index contributed by atoms with van der Waals surface area (Å²) < 4.78 is 13.6. The first-order valence-electron chi connectivity index (χ1n) is 9.08. The average Bonchev–Trinajstić information content (AvgIpc) is 2.99. The third-order valence-electron chi connectivity index (χ3n) is 4.47. The Bertz CT molecular complexity index is 794. The first-order chi connectivity index (χ1) is 12.2. The van der Waals surface area contributed by atoms with Gasteiger partial charge in [0.1, 0.15) is 11.7 Å². The molecule has 0 saturated carbocycles. The summed E-state index contributed by atoms with van der Waals surface area (Å²) >= 11 is 0. The number of hydrogen-bond acceptors (Lipinski definition) is 5. The number of aromatic nitrogens is 3. The molecule has 2 atom stereocenters. The molecule has 3 rings (SSSR count). The van der Waals surface area contributed by atoms with Crippen molar-refractivity contribution in [1.82, 2.24) is 19.5 Å². The molecule has 2 aromatic rings. The molecule has 7 heteroatoms. The normalized spacial score (nSPS) is 21.4. The predicted molar refractivity (Wildman–Crippen MR) is 98.0 cm³/mol. The average molecular weight is 360 g/mol. The van der Waals surface area contributed by atoms with Crippen LogP contribution >= 0.6 is 0 Å². The van der Waals surface area contributed by atoms with E-state index < -0.39 is 5.60 Å². The van der Waals surface area contributed by atoms with Crippen molar-refractivity contribution in [3.8, 4) is 0 Å². The molecule has 26 heavy (non-hydrogen) atoms. The van der Waals surface area contributed by atoms with Crippen molar-refractivity contribution in [2.75, 3.05) is 13.2 Å². The second-order valence-electron chi connectivity index (χ2n) is 8.19. The Morgan fingerprint density at radius 2 is 2.12 bits per heavy atom. The standard InChI is InChI=1S/C19H28N4O3/c1-12(2)15-11-25-16(10-22(15)18(24)26-19(4,5)6)14-9-13(3)21-17-7-8-20-23(14)17/h7-9,12,15-16H,10-11H2,1-6H3. The van der Waals surface area contributed by atoms with E-state index in [1.54, 1.807) is 15.6 Å². The maximum atomic E-state index is 12.8. The lowest BCUT2D eigenvalue weighted by molar-refractivity contribution is -0.0833. The molecule has 0 aliphatic carbocycles. The summed E-state index contributed by atoms with van der Waals surface area (Å²) in [5.41, 5.74) is 2.03. The molecule has 0 radical (unpaired) electrons. The van der Waals surface area contributed by atoms with Gasteiger partial charge in [-0.05, 0) is 39.7 Å². The Balaban J connectivity index is 1.91. The van der Waals surface area contributed by atoms with Gasteiger partial charge in [0.05, 0.1) is 31.1 Å².